The third-order valence-corrected chi connectivity index (χ3v) is 6.10. The molecule has 0 bridgehead atoms. The van der Waals surface area contributed by atoms with Gasteiger partial charge < -0.3 is 14.5 Å². The number of carbonyl (C=O) groups is 1. The van der Waals surface area contributed by atoms with E-state index >= 15 is 0 Å². The van der Waals surface area contributed by atoms with Gasteiger partial charge in [-0.05, 0) is 85.6 Å². The Morgan fingerprint density at radius 3 is 2.26 bits per heavy atom. The Morgan fingerprint density at radius 1 is 1.13 bits per heavy atom. The topological polar surface area (TPSA) is 45.1 Å². The van der Waals surface area contributed by atoms with Gasteiger partial charge >= 0.3 is 6.09 Å². The molecule has 1 heterocycles. The summed E-state index contributed by atoms with van der Waals surface area (Å²) in [6, 6.07) is 0.358. The van der Waals surface area contributed by atoms with Crippen molar-refractivity contribution in [1.82, 2.24) is 9.80 Å². The largest absolute Gasteiger partial charge is 0.444 e. The van der Waals surface area contributed by atoms with Gasteiger partial charge in [-0.1, -0.05) is 19.9 Å². The fraction of sp³-hybridized carbons (Fsp3) is 0.769. The monoisotopic (exact) mass is 431 g/mol. The first-order valence-electron chi connectivity index (χ1n) is 12.3. The van der Waals surface area contributed by atoms with Crippen LogP contribution in [0.1, 0.15) is 88.0 Å². The smallest absolute Gasteiger partial charge is 0.410 e. The first-order chi connectivity index (χ1) is 14.6. The first kappa shape index (κ1) is 25.5. The van der Waals surface area contributed by atoms with Gasteiger partial charge in [-0.3, -0.25) is 4.99 Å². The molecule has 1 aliphatic heterocycles. The SMILES string of the molecule is CC.CCN=C1CCC=C(C2CC2)/C1=C(/C)N1C[C@@H](C)N(C(=O)OC(C)(C)C)C[C@@H]1C. The van der Waals surface area contributed by atoms with Crippen molar-refractivity contribution in [3.05, 3.63) is 22.9 Å². The maximum absolute atomic E-state index is 12.7. The molecule has 2 fully saturated rings. The maximum atomic E-state index is 12.7. The Kier molecular flexibility index (Phi) is 8.79. The van der Waals surface area contributed by atoms with E-state index in [1.54, 1.807) is 0 Å². The first-order valence-corrected chi connectivity index (χ1v) is 12.3. The van der Waals surface area contributed by atoms with Gasteiger partial charge in [-0.25, -0.2) is 4.79 Å². The number of amides is 1. The second kappa shape index (κ2) is 10.7. The van der Waals surface area contributed by atoms with Gasteiger partial charge in [0.05, 0.1) is 0 Å². The molecule has 1 amide bonds. The molecule has 2 aliphatic carbocycles. The van der Waals surface area contributed by atoms with E-state index in [1.807, 2.05) is 39.5 Å². The number of allylic oxidation sites excluding steroid dienone is 4. The molecule has 5 nitrogen and oxygen atoms in total. The molecule has 0 unspecified atom stereocenters. The Morgan fingerprint density at radius 2 is 1.71 bits per heavy atom. The van der Waals surface area contributed by atoms with Crippen LogP contribution in [-0.4, -0.2) is 58.9 Å². The number of nitrogens with zero attached hydrogens (tertiary/aromatic N) is 3. The van der Waals surface area contributed by atoms with Crippen molar-refractivity contribution in [1.29, 1.82) is 0 Å². The highest BCUT2D eigenvalue weighted by Crippen LogP contribution is 2.44. The predicted octanol–water partition coefficient (Wildman–Crippen LogP) is 6.21. The van der Waals surface area contributed by atoms with Gasteiger partial charge in [0.15, 0.2) is 0 Å². The highest BCUT2D eigenvalue weighted by atomic mass is 16.6. The molecule has 0 aromatic rings. The summed E-state index contributed by atoms with van der Waals surface area (Å²) in [6.07, 6.45) is 7.02. The van der Waals surface area contributed by atoms with Crippen LogP contribution in [0.25, 0.3) is 0 Å². The molecule has 2 atom stereocenters. The molecular formula is C26H45N3O2. The Bertz CT molecular complexity index is 725. The lowest BCUT2D eigenvalue weighted by Gasteiger charge is -2.46. The average molecular weight is 432 g/mol. The number of ether oxygens (including phenoxy) is 1. The summed E-state index contributed by atoms with van der Waals surface area (Å²) < 4.78 is 5.64. The predicted molar refractivity (Wildman–Crippen MR) is 131 cm³/mol. The number of piperazine rings is 1. The molecule has 176 valence electrons. The third-order valence-electron chi connectivity index (χ3n) is 6.10. The zero-order chi connectivity index (χ0) is 23.3. The van der Waals surface area contributed by atoms with Crippen LogP contribution in [0.5, 0.6) is 0 Å². The minimum Gasteiger partial charge on any atom is -0.444 e. The van der Waals surface area contributed by atoms with Crippen LogP contribution in [-0.2, 0) is 4.74 Å². The van der Waals surface area contributed by atoms with Gasteiger partial charge in [0, 0.05) is 48.7 Å². The van der Waals surface area contributed by atoms with E-state index in [0.717, 1.165) is 31.8 Å². The van der Waals surface area contributed by atoms with Gasteiger partial charge in [0.2, 0.25) is 0 Å². The Hall–Kier alpha value is -1.78. The maximum Gasteiger partial charge on any atom is 0.410 e. The average Bonchev–Trinajstić information content (AvgIpc) is 3.54. The normalized spacial score (nSPS) is 27.4. The van der Waals surface area contributed by atoms with Crippen LogP contribution in [0.15, 0.2) is 27.9 Å². The van der Waals surface area contributed by atoms with E-state index in [1.165, 1.54) is 35.4 Å². The van der Waals surface area contributed by atoms with E-state index in [9.17, 15) is 4.79 Å². The second-order valence-electron chi connectivity index (χ2n) is 9.84. The van der Waals surface area contributed by atoms with E-state index in [-0.39, 0.29) is 18.2 Å². The molecule has 1 saturated heterocycles. The third kappa shape index (κ3) is 6.36. The Labute approximate surface area is 190 Å². The molecule has 0 aromatic carbocycles. The fourth-order valence-electron chi connectivity index (χ4n) is 4.60. The number of carbonyl (C=O) groups excluding carboxylic acids is 1. The number of hydrogen-bond acceptors (Lipinski definition) is 4. The van der Waals surface area contributed by atoms with Gasteiger partial charge in [0.25, 0.3) is 0 Å². The molecule has 0 N–H and O–H groups in total. The molecule has 0 spiro atoms. The zero-order valence-electron chi connectivity index (χ0n) is 21.4. The van der Waals surface area contributed by atoms with Crippen molar-refractivity contribution in [3.63, 3.8) is 0 Å². The number of aliphatic imine (C=N–C) groups is 1. The molecule has 31 heavy (non-hydrogen) atoms. The van der Waals surface area contributed by atoms with E-state index in [0.29, 0.717) is 6.54 Å². The molecule has 3 aliphatic rings. The molecule has 3 rings (SSSR count). The lowest BCUT2D eigenvalue weighted by Crippen LogP contribution is -2.58. The second-order valence-corrected chi connectivity index (χ2v) is 9.84. The number of hydrogen-bond donors (Lipinski definition) is 0. The van der Waals surface area contributed by atoms with Crippen molar-refractivity contribution in [3.8, 4) is 0 Å². The van der Waals surface area contributed by atoms with Crippen LogP contribution in [0.4, 0.5) is 4.79 Å². The summed E-state index contributed by atoms with van der Waals surface area (Å²) in [6.45, 7) is 20.8. The minimum absolute atomic E-state index is 0.111. The molecule has 0 radical (unpaired) electrons. The van der Waals surface area contributed by atoms with Gasteiger partial charge in [-0.15, -0.1) is 0 Å². The summed E-state index contributed by atoms with van der Waals surface area (Å²) in [4.78, 5) is 21.9. The van der Waals surface area contributed by atoms with Gasteiger partial charge in [0.1, 0.15) is 5.60 Å². The van der Waals surface area contributed by atoms with Crippen LogP contribution in [0, 0.1) is 5.92 Å². The molecule has 0 aromatic heterocycles. The number of rotatable bonds is 3. The van der Waals surface area contributed by atoms with E-state index < -0.39 is 5.60 Å². The lowest BCUT2D eigenvalue weighted by atomic mass is 9.86. The van der Waals surface area contributed by atoms with Crippen molar-refractivity contribution >= 4 is 11.8 Å². The summed E-state index contributed by atoms with van der Waals surface area (Å²) in [5.74, 6) is 0.720. The van der Waals surface area contributed by atoms with Crippen LogP contribution in [0.3, 0.4) is 0 Å². The summed E-state index contributed by atoms with van der Waals surface area (Å²) in [7, 11) is 0. The molecule has 1 saturated carbocycles. The summed E-state index contributed by atoms with van der Waals surface area (Å²) >= 11 is 0. The fourth-order valence-corrected chi connectivity index (χ4v) is 4.60. The highest BCUT2D eigenvalue weighted by molar-refractivity contribution is 6.05. The standard InChI is InChI=1S/C24H39N3O2.C2H6/c1-8-25-21-11-9-10-20(19-12-13-19)22(21)18(4)26-14-17(3)27(15-16(26)2)23(28)29-24(5,6)7;1-2/h10,16-17,19H,8-9,11-15H2,1-7H3;1-2H3/b22-18+,25-21?;/t16-,17+;/m0./s1. The highest BCUT2D eigenvalue weighted by Gasteiger charge is 2.37. The zero-order valence-corrected chi connectivity index (χ0v) is 21.4. The van der Waals surface area contributed by atoms with E-state index in [2.05, 4.69) is 38.7 Å². The van der Waals surface area contributed by atoms with Crippen molar-refractivity contribution in [2.75, 3.05) is 19.6 Å². The van der Waals surface area contributed by atoms with Crippen LogP contribution in [0.2, 0.25) is 0 Å². The minimum atomic E-state index is -0.466. The van der Waals surface area contributed by atoms with Crippen molar-refractivity contribution < 1.29 is 9.53 Å². The van der Waals surface area contributed by atoms with Crippen molar-refractivity contribution in [2.24, 2.45) is 10.9 Å². The van der Waals surface area contributed by atoms with Crippen LogP contribution < -0.4 is 0 Å². The molecular weight excluding hydrogens is 386 g/mol. The Balaban J connectivity index is 0.00000166. The lowest BCUT2D eigenvalue weighted by molar-refractivity contribution is -0.00419. The van der Waals surface area contributed by atoms with Crippen molar-refractivity contribution in [2.45, 2.75) is 106 Å². The quantitative estimate of drug-likeness (QED) is 0.534. The molecule has 5 heteroatoms. The van der Waals surface area contributed by atoms with Gasteiger partial charge in [-0.2, -0.15) is 0 Å². The van der Waals surface area contributed by atoms with E-state index in [4.69, 9.17) is 9.73 Å². The van der Waals surface area contributed by atoms with Crippen LogP contribution >= 0.6 is 0 Å². The summed E-state index contributed by atoms with van der Waals surface area (Å²) in [5.41, 5.74) is 5.06. The summed E-state index contributed by atoms with van der Waals surface area (Å²) in [5, 5.41) is 0.